The van der Waals surface area contributed by atoms with Crippen LogP contribution in [0.2, 0.25) is 0 Å². The van der Waals surface area contributed by atoms with E-state index in [-0.39, 0.29) is 35.5 Å². The van der Waals surface area contributed by atoms with Gasteiger partial charge in [-0.1, -0.05) is 158 Å². The summed E-state index contributed by atoms with van der Waals surface area (Å²) in [6.45, 7) is 0. The van der Waals surface area contributed by atoms with Crippen molar-refractivity contribution in [3.8, 4) is 22.3 Å². The second-order valence-corrected chi connectivity index (χ2v) is 20.2. The van der Waals surface area contributed by atoms with Gasteiger partial charge in [-0.05, 0) is 132 Å². The van der Waals surface area contributed by atoms with Crippen molar-refractivity contribution in [1.82, 2.24) is 0 Å². The van der Waals surface area contributed by atoms with Crippen molar-refractivity contribution in [2.24, 2.45) is 11.8 Å². The fraction of sp³-hybridized carbons (Fsp3) is 0.354. The lowest BCUT2D eigenvalue weighted by molar-refractivity contribution is -0.142. The summed E-state index contributed by atoms with van der Waals surface area (Å²) in [4.78, 5) is 72.6. The molecule has 0 saturated heterocycles. The Morgan fingerprint density at radius 2 is 0.781 bits per heavy atom. The molecule has 73 heavy (non-hydrogen) atoms. The molecule has 2 fully saturated rings. The number of hydrogen-bond donors (Lipinski definition) is 1. The van der Waals surface area contributed by atoms with Crippen LogP contribution in [0.15, 0.2) is 158 Å². The van der Waals surface area contributed by atoms with E-state index in [2.05, 4.69) is 48.5 Å². The van der Waals surface area contributed by atoms with Gasteiger partial charge in [-0.2, -0.15) is 0 Å². The average Bonchev–Trinajstić information content (AvgIpc) is 3.42. The topological polar surface area (TPSA) is 132 Å². The number of methoxy groups -OCH3 is 1. The van der Waals surface area contributed by atoms with Crippen molar-refractivity contribution in [2.45, 2.75) is 127 Å². The van der Waals surface area contributed by atoms with Crippen molar-refractivity contribution in [3.63, 3.8) is 0 Å². The molecule has 0 heterocycles. The van der Waals surface area contributed by atoms with E-state index in [0.717, 1.165) is 84.7 Å². The van der Waals surface area contributed by atoms with Gasteiger partial charge in [-0.15, -0.1) is 0 Å². The molecule has 8 heteroatoms. The quantitative estimate of drug-likeness (QED) is 0.0525. The number of ether oxygens (including phenoxy) is 1. The highest BCUT2D eigenvalue weighted by Crippen LogP contribution is 2.38. The number of carboxylic acids is 1. The van der Waals surface area contributed by atoms with E-state index in [1.165, 1.54) is 18.2 Å². The van der Waals surface area contributed by atoms with Gasteiger partial charge < -0.3 is 9.84 Å². The summed E-state index contributed by atoms with van der Waals surface area (Å²) in [5, 5.41) is 8.99. The van der Waals surface area contributed by atoms with Crippen LogP contribution in [0.5, 0.6) is 0 Å². The number of aliphatic carboxylic acids is 1. The molecule has 1 N–H and O–H groups in total. The molecule has 0 atom stereocenters. The lowest BCUT2D eigenvalue weighted by atomic mass is 9.77. The number of carbonyl (C=O) groups excluding carboxylic acids is 5. The third kappa shape index (κ3) is 17.0. The van der Waals surface area contributed by atoms with Crippen LogP contribution in [0.3, 0.4) is 0 Å². The Hall–Kier alpha value is -7.06. The molecule has 2 aliphatic rings. The van der Waals surface area contributed by atoms with Crippen molar-refractivity contribution in [3.05, 3.63) is 191 Å². The lowest BCUT2D eigenvalue weighted by Crippen LogP contribution is -2.17. The number of carboxylic acid groups (broad SMARTS) is 1. The second kappa shape index (κ2) is 27.7. The summed E-state index contributed by atoms with van der Waals surface area (Å²) in [6, 6.07) is 52.3. The van der Waals surface area contributed by atoms with Crippen molar-refractivity contribution in [1.29, 1.82) is 0 Å². The zero-order valence-corrected chi connectivity index (χ0v) is 42.4. The van der Waals surface area contributed by atoms with E-state index in [4.69, 9.17) is 9.84 Å². The molecular formula is C65H70O8. The fourth-order valence-electron chi connectivity index (χ4n) is 10.6. The first-order valence-corrected chi connectivity index (χ1v) is 26.4. The van der Waals surface area contributed by atoms with Crippen molar-refractivity contribution in [2.75, 3.05) is 7.11 Å². The molecule has 8 nitrogen and oxygen atoms in total. The first kappa shape index (κ1) is 53.7. The molecule has 6 aromatic rings. The highest BCUT2D eigenvalue weighted by Gasteiger charge is 2.26. The zero-order valence-electron chi connectivity index (χ0n) is 42.4. The standard InChI is InChI=1S/C33H36O4.C32H34O4/c1-37-33(36)23-25-12-16-28(17-13-25)27-14-10-24(11-15-27)22-31(34)8-5-9-32(35)30-20-18-29(19-21-30)26-6-3-2-4-7-26;33-30(7-4-8-31(34)29-19-17-28(18-20-29)25-5-2-1-3-6-25)21-23-9-13-26(14-10-23)27-15-11-24(12-16-27)22-32(35)36/h2-4,6-7,10-11,14-15,18-21,25,28H,5,8-9,12-13,16-17,22-23H2,1H3;1-3,5-6,9-10,13-14,17-20,24,27H,4,7-8,11-12,15-16,21-22H2,(H,35,36). The van der Waals surface area contributed by atoms with Gasteiger partial charge in [-0.25, -0.2) is 0 Å². The van der Waals surface area contributed by atoms with E-state index in [1.807, 2.05) is 109 Å². The summed E-state index contributed by atoms with van der Waals surface area (Å²) in [7, 11) is 1.45. The molecule has 0 aliphatic heterocycles. The van der Waals surface area contributed by atoms with Crippen molar-refractivity contribution < 1.29 is 38.6 Å². The Balaban J connectivity index is 0.000000214. The maximum absolute atomic E-state index is 12.6. The van der Waals surface area contributed by atoms with E-state index in [9.17, 15) is 28.8 Å². The Labute approximate surface area is 431 Å². The van der Waals surface area contributed by atoms with Gasteiger partial charge in [0.25, 0.3) is 0 Å². The summed E-state index contributed by atoms with van der Waals surface area (Å²) >= 11 is 0. The predicted octanol–water partition coefficient (Wildman–Crippen LogP) is 14.6. The molecular weight excluding hydrogens is 909 g/mol. The Morgan fingerprint density at radius 3 is 1.14 bits per heavy atom. The van der Waals surface area contributed by atoms with E-state index in [1.54, 1.807) is 0 Å². The Bertz CT molecular complexity index is 2710. The maximum atomic E-state index is 12.6. The number of benzene rings is 6. The van der Waals surface area contributed by atoms with Crippen LogP contribution in [-0.2, 0) is 36.8 Å². The largest absolute Gasteiger partial charge is 0.481 e. The molecule has 378 valence electrons. The monoisotopic (exact) mass is 979 g/mol. The Morgan fingerprint density at radius 1 is 0.425 bits per heavy atom. The van der Waals surface area contributed by atoms with Crippen LogP contribution >= 0.6 is 0 Å². The zero-order chi connectivity index (χ0) is 51.4. The van der Waals surface area contributed by atoms with Gasteiger partial charge in [0, 0.05) is 62.5 Å². The highest BCUT2D eigenvalue weighted by atomic mass is 16.5. The molecule has 0 bridgehead atoms. The number of hydrogen-bond acceptors (Lipinski definition) is 7. The summed E-state index contributed by atoms with van der Waals surface area (Å²) in [5.74, 6) is 1.40. The number of carbonyl (C=O) groups is 6. The van der Waals surface area contributed by atoms with E-state index in [0.29, 0.717) is 92.6 Å². The fourth-order valence-corrected chi connectivity index (χ4v) is 10.6. The molecule has 0 aromatic heterocycles. The van der Waals surface area contributed by atoms with E-state index < -0.39 is 5.97 Å². The van der Waals surface area contributed by atoms with Crippen LogP contribution in [0.4, 0.5) is 0 Å². The molecule has 0 spiro atoms. The molecule has 0 radical (unpaired) electrons. The van der Waals surface area contributed by atoms with Gasteiger partial charge in [0.05, 0.1) is 7.11 Å². The Kier molecular flexibility index (Phi) is 20.4. The predicted molar refractivity (Wildman–Crippen MR) is 289 cm³/mol. The van der Waals surface area contributed by atoms with Crippen LogP contribution in [0.25, 0.3) is 22.3 Å². The van der Waals surface area contributed by atoms with Crippen LogP contribution in [0.1, 0.15) is 158 Å². The minimum absolute atomic E-state index is 0.0739. The number of ketones is 4. The van der Waals surface area contributed by atoms with Gasteiger partial charge in [0.15, 0.2) is 11.6 Å². The molecule has 0 amide bonds. The third-order valence-electron chi connectivity index (χ3n) is 14.9. The normalized spacial score (nSPS) is 17.3. The highest BCUT2D eigenvalue weighted by molar-refractivity contribution is 5.97. The molecule has 2 saturated carbocycles. The number of rotatable bonds is 22. The van der Waals surface area contributed by atoms with Crippen molar-refractivity contribution >= 4 is 35.1 Å². The van der Waals surface area contributed by atoms with Crippen LogP contribution in [-0.4, -0.2) is 47.3 Å². The minimum atomic E-state index is -0.700. The second-order valence-electron chi connectivity index (χ2n) is 20.2. The van der Waals surface area contributed by atoms with Gasteiger partial charge in [-0.3, -0.25) is 28.8 Å². The van der Waals surface area contributed by atoms with Gasteiger partial charge in [0.2, 0.25) is 0 Å². The third-order valence-corrected chi connectivity index (χ3v) is 14.9. The van der Waals surface area contributed by atoms with Gasteiger partial charge in [0.1, 0.15) is 11.6 Å². The first-order valence-electron chi connectivity index (χ1n) is 26.4. The number of esters is 1. The molecule has 6 aromatic carbocycles. The average molecular weight is 979 g/mol. The summed E-state index contributed by atoms with van der Waals surface area (Å²) in [5.41, 5.74) is 10.4. The molecule has 2 aliphatic carbocycles. The smallest absolute Gasteiger partial charge is 0.305 e. The summed E-state index contributed by atoms with van der Waals surface area (Å²) < 4.78 is 4.80. The maximum Gasteiger partial charge on any atom is 0.305 e. The SMILES string of the molecule is COC(=O)CC1CCC(c2ccc(CC(=O)CCCC(=O)c3ccc(-c4ccccc4)cc3)cc2)CC1.O=C(O)CC1CCC(c2ccc(CC(=O)CCCC(=O)c3ccc(-c4ccccc4)cc3)cc2)CC1. The van der Waals surface area contributed by atoms with E-state index >= 15 is 0 Å². The summed E-state index contributed by atoms with van der Waals surface area (Å²) in [6.07, 6.45) is 12.6. The molecule has 8 rings (SSSR count). The van der Waals surface area contributed by atoms with Crippen LogP contribution in [0, 0.1) is 11.8 Å². The first-order chi connectivity index (χ1) is 35.5. The van der Waals surface area contributed by atoms with Crippen LogP contribution < -0.4 is 0 Å². The minimum Gasteiger partial charge on any atom is -0.481 e. The lowest BCUT2D eigenvalue weighted by Gasteiger charge is -2.28. The number of Topliss-reactive ketones (excluding diaryl/α,β-unsaturated/α-hetero) is 4. The molecule has 0 unspecified atom stereocenters. The van der Waals surface area contributed by atoms with Gasteiger partial charge >= 0.3 is 11.9 Å².